The molecule has 2 aliphatic heterocycles. The number of nitrogens with one attached hydrogen (secondary N) is 1. The van der Waals surface area contributed by atoms with E-state index < -0.39 is 37.0 Å². The summed E-state index contributed by atoms with van der Waals surface area (Å²) in [6, 6.07) is 12.0. The van der Waals surface area contributed by atoms with Gasteiger partial charge in [-0.25, -0.2) is 8.42 Å². The number of nitro benzene ring substituents is 1. The van der Waals surface area contributed by atoms with E-state index in [4.69, 9.17) is 0 Å². The van der Waals surface area contributed by atoms with Gasteiger partial charge >= 0.3 is 11.7 Å². The van der Waals surface area contributed by atoms with Crippen LogP contribution in [0.3, 0.4) is 0 Å². The lowest BCUT2D eigenvalue weighted by molar-refractivity contribution is -0.384. The molecule has 2 aromatic carbocycles. The van der Waals surface area contributed by atoms with Crippen LogP contribution in [-0.4, -0.2) is 46.4 Å². The number of sulfone groups is 1. The highest BCUT2D eigenvalue weighted by atomic mass is 35.5. The summed E-state index contributed by atoms with van der Waals surface area (Å²) in [6.45, 7) is -4.02. The molecular weight excluding hydrogens is 565 g/mol. The fourth-order valence-electron chi connectivity index (χ4n) is 4.28. The van der Waals surface area contributed by atoms with E-state index >= 15 is 0 Å². The third-order valence-corrected chi connectivity index (χ3v) is 8.21. The number of allylic oxidation sites excluding steroid dienone is 2. The maximum absolute atomic E-state index is 14.9. The van der Waals surface area contributed by atoms with E-state index in [1.807, 2.05) is 0 Å². The molecule has 0 fully saturated rings. The number of hydrogen-bond donors (Lipinski definition) is 1. The lowest BCUT2D eigenvalue weighted by Crippen LogP contribution is -2.49. The van der Waals surface area contributed by atoms with Crippen molar-refractivity contribution in [2.45, 2.75) is 9.61 Å². The standard InChI is InChI=1S/C23H15BClF4N5O4S/c25-23(26,27)39(37,38)17-9-10-18(21(13-17)34(35)36)31-30-14-15-5-7-16(8-6-15)22-19-3-1-11-32(19)24(28,29)33-12-2-4-20(22)33/h1-14,31H/b30-14-. The zero-order chi connectivity index (χ0) is 28.2. The molecule has 0 saturated heterocycles. The van der Waals surface area contributed by atoms with Crippen LogP contribution in [0.4, 0.5) is 28.8 Å². The van der Waals surface area contributed by atoms with Crippen LogP contribution in [0.15, 0.2) is 88.6 Å². The molecular formula is C23H15BClF4N5O4S. The molecule has 16 heteroatoms. The van der Waals surface area contributed by atoms with E-state index in [1.165, 1.54) is 18.6 Å². The molecule has 0 aliphatic carbocycles. The van der Waals surface area contributed by atoms with Crippen molar-refractivity contribution < 1.29 is 35.2 Å². The molecule has 200 valence electrons. The molecule has 0 spiro atoms. The summed E-state index contributed by atoms with van der Waals surface area (Å²) >= 11 is 4.63. The van der Waals surface area contributed by atoms with Crippen molar-refractivity contribution in [1.29, 1.82) is 0 Å². The third kappa shape index (κ3) is 4.42. The predicted molar refractivity (Wildman–Crippen MR) is 138 cm³/mol. The second-order valence-electron chi connectivity index (χ2n) is 8.44. The van der Waals surface area contributed by atoms with Gasteiger partial charge in [0.1, 0.15) is 11.9 Å². The number of benzene rings is 2. The highest BCUT2D eigenvalue weighted by molar-refractivity contribution is 7.93. The predicted octanol–water partition coefficient (Wildman–Crippen LogP) is 5.05. The minimum Gasteiger partial charge on any atom is -0.396 e. The number of anilines is 1. The first-order valence-corrected chi connectivity index (χ1v) is 12.9. The van der Waals surface area contributed by atoms with Gasteiger partial charge in [-0.2, -0.15) is 13.9 Å². The molecule has 5 rings (SSSR count). The van der Waals surface area contributed by atoms with Crippen LogP contribution in [0.1, 0.15) is 16.8 Å². The first-order valence-electron chi connectivity index (χ1n) is 11.1. The number of fused-ring (bicyclic) bond motifs is 2. The molecule has 1 N–H and O–H groups in total. The Hall–Kier alpha value is -4.24. The van der Waals surface area contributed by atoms with Gasteiger partial charge in [0.05, 0.1) is 21.6 Å². The van der Waals surface area contributed by atoms with Crippen molar-refractivity contribution in [2.24, 2.45) is 5.10 Å². The van der Waals surface area contributed by atoms with Crippen molar-refractivity contribution in [1.82, 2.24) is 4.48 Å². The van der Waals surface area contributed by atoms with E-state index in [9.17, 15) is 35.9 Å². The zero-order valence-corrected chi connectivity index (χ0v) is 21.0. The number of rotatable bonds is 7. The van der Waals surface area contributed by atoms with E-state index in [0.29, 0.717) is 34.2 Å². The van der Waals surface area contributed by atoms with Crippen LogP contribution in [-0.2, 0) is 9.84 Å². The van der Waals surface area contributed by atoms with Gasteiger partial charge in [-0.1, -0.05) is 24.3 Å². The maximum Gasteiger partial charge on any atom is 0.737 e. The molecule has 0 radical (unpaired) electrons. The van der Waals surface area contributed by atoms with E-state index in [0.717, 1.165) is 21.1 Å². The Morgan fingerprint density at radius 2 is 1.87 bits per heavy atom. The van der Waals surface area contributed by atoms with Crippen molar-refractivity contribution in [3.8, 4) is 0 Å². The summed E-state index contributed by atoms with van der Waals surface area (Å²) in [5.41, 5.74) is 3.83. The topological polar surface area (TPSA) is 110 Å². The molecule has 0 amide bonds. The second-order valence-corrected chi connectivity index (χ2v) is 11.1. The molecule has 2 aliphatic rings. The minimum atomic E-state index is -5.35. The fourth-order valence-corrected chi connectivity index (χ4v) is 5.33. The van der Waals surface area contributed by atoms with Crippen LogP contribution in [0.25, 0.3) is 5.57 Å². The molecule has 0 bridgehead atoms. The minimum absolute atomic E-state index is 0.258. The SMILES string of the molecule is O=[N+]([O-])c1cc(S(=O)(=O)C(F)(F)Cl)ccc1N/N=C\c1ccc(C2=C3C=CC=[N+]3[B-](F)(F)n3cccc32)cc1. The van der Waals surface area contributed by atoms with E-state index in [2.05, 4.69) is 22.1 Å². The molecule has 0 atom stereocenters. The summed E-state index contributed by atoms with van der Waals surface area (Å²) in [5, 5.41) is 15.3. The van der Waals surface area contributed by atoms with Gasteiger partial charge in [0.25, 0.3) is 15.5 Å². The van der Waals surface area contributed by atoms with Crippen molar-refractivity contribution in [3.63, 3.8) is 0 Å². The summed E-state index contributed by atoms with van der Waals surface area (Å²) < 4.78 is 77.2. The number of hydrazone groups is 1. The van der Waals surface area contributed by atoms with E-state index in [-0.39, 0.29) is 5.69 Å². The summed E-state index contributed by atoms with van der Waals surface area (Å²) in [4.78, 5) is 9.40. The van der Waals surface area contributed by atoms with Crippen LogP contribution < -0.4 is 5.43 Å². The number of nitro groups is 1. The van der Waals surface area contributed by atoms with Gasteiger partial charge in [0, 0.05) is 23.9 Å². The van der Waals surface area contributed by atoms with Gasteiger partial charge in [-0.05, 0) is 53.2 Å². The van der Waals surface area contributed by atoms with Crippen molar-refractivity contribution in [3.05, 3.63) is 106 Å². The second kappa shape index (κ2) is 9.20. The molecule has 3 aromatic rings. The molecule has 1 aromatic heterocycles. The van der Waals surface area contributed by atoms with Crippen LogP contribution >= 0.6 is 11.6 Å². The number of nitrogens with zero attached hydrogens (tertiary/aromatic N) is 4. The van der Waals surface area contributed by atoms with Crippen molar-refractivity contribution in [2.75, 3.05) is 5.43 Å². The highest BCUT2D eigenvalue weighted by Crippen LogP contribution is 2.39. The van der Waals surface area contributed by atoms with Crippen LogP contribution in [0.2, 0.25) is 0 Å². The summed E-state index contributed by atoms with van der Waals surface area (Å²) in [6.07, 6.45) is 7.12. The largest absolute Gasteiger partial charge is 0.737 e. The number of alkyl halides is 3. The molecule has 0 saturated carbocycles. The summed E-state index contributed by atoms with van der Waals surface area (Å²) in [7, 11) is -5.35. The number of halogens is 5. The Morgan fingerprint density at radius 3 is 2.54 bits per heavy atom. The Kier molecular flexibility index (Phi) is 6.22. The Bertz CT molecular complexity index is 1750. The van der Waals surface area contributed by atoms with Gasteiger partial charge < -0.3 is 17.6 Å². The summed E-state index contributed by atoms with van der Waals surface area (Å²) in [5.74, 6) is 0. The smallest absolute Gasteiger partial charge is 0.396 e. The average Bonchev–Trinajstić information content (AvgIpc) is 3.56. The lowest BCUT2D eigenvalue weighted by atomic mass is 9.86. The Balaban J connectivity index is 1.39. The maximum atomic E-state index is 14.9. The molecule has 0 unspecified atom stereocenters. The first-order chi connectivity index (χ1) is 18.3. The average molecular weight is 580 g/mol. The first kappa shape index (κ1) is 26.4. The Morgan fingerprint density at radius 1 is 1.15 bits per heavy atom. The lowest BCUT2D eigenvalue weighted by Gasteiger charge is -2.30. The monoisotopic (exact) mass is 579 g/mol. The number of hydrogen-bond acceptors (Lipinski definition) is 6. The normalized spacial score (nSPS) is 16.3. The zero-order valence-electron chi connectivity index (χ0n) is 19.4. The van der Waals surface area contributed by atoms with Crippen LogP contribution in [0, 0.1) is 10.1 Å². The van der Waals surface area contributed by atoms with Crippen LogP contribution in [0.5, 0.6) is 0 Å². The quantitative estimate of drug-likeness (QED) is 0.105. The van der Waals surface area contributed by atoms with Gasteiger partial charge in [0.2, 0.25) is 0 Å². The number of aromatic nitrogens is 1. The van der Waals surface area contributed by atoms with E-state index in [1.54, 1.807) is 48.6 Å². The van der Waals surface area contributed by atoms with Gasteiger partial charge in [0.15, 0.2) is 5.70 Å². The fraction of sp³-hybridized carbons (Fsp3) is 0.0435. The Labute approximate surface area is 223 Å². The third-order valence-electron chi connectivity index (χ3n) is 6.12. The van der Waals surface area contributed by atoms with Gasteiger partial charge in [-0.15, -0.1) is 0 Å². The molecule has 39 heavy (non-hydrogen) atoms. The van der Waals surface area contributed by atoms with Gasteiger partial charge in [-0.3, -0.25) is 15.5 Å². The highest BCUT2D eigenvalue weighted by Gasteiger charge is 2.51. The molecule has 3 heterocycles. The molecule has 9 nitrogen and oxygen atoms in total. The van der Waals surface area contributed by atoms with Crippen molar-refractivity contribution >= 4 is 57.8 Å².